The van der Waals surface area contributed by atoms with E-state index in [0.717, 1.165) is 0 Å². The third-order valence-corrected chi connectivity index (χ3v) is 1.27. The standard InChI is InChI=1S/C7H9N3O3/c1-4-2-5(11)10-7(9-4)8-3-6(12)13/h2H,3H2,1H3,(H,12,13)(H2,8,9,10,11)/p-1. The predicted octanol–water partition coefficient (Wildman–Crippen LogP) is -1.76. The number of aromatic amines is 1. The number of rotatable bonds is 3. The number of carboxylic acids is 1. The Balaban J connectivity index is 2.77. The largest absolute Gasteiger partial charge is 0.548 e. The minimum Gasteiger partial charge on any atom is -0.548 e. The highest BCUT2D eigenvalue weighted by Gasteiger charge is 1.95. The second kappa shape index (κ2) is 3.70. The van der Waals surface area contributed by atoms with Crippen LogP contribution in [0.15, 0.2) is 10.9 Å². The van der Waals surface area contributed by atoms with Gasteiger partial charge < -0.3 is 15.2 Å². The van der Waals surface area contributed by atoms with E-state index in [1.165, 1.54) is 6.07 Å². The average Bonchev–Trinajstić information content (AvgIpc) is 1.99. The number of nitrogens with one attached hydrogen (secondary N) is 2. The second-order valence-electron chi connectivity index (χ2n) is 2.46. The summed E-state index contributed by atoms with van der Waals surface area (Å²) in [6, 6.07) is 1.31. The van der Waals surface area contributed by atoms with E-state index in [2.05, 4.69) is 15.3 Å². The number of anilines is 1. The lowest BCUT2D eigenvalue weighted by molar-refractivity contribution is -0.302. The number of hydrogen-bond acceptors (Lipinski definition) is 5. The Morgan fingerprint density at radius 1 is 1.77 bits per heavy atom. The Hall–Kier alpha value is -1.85. The van der Waals surface area contributed by atoms with Crippen molar-refractivity contribution < 1.29 is 9.90 Å². The summed E-state index contributed by atoms with van der Waals surface area (Å²) in [4.78, 5) is 27.1. The Kier molecular flexibility index (Phi) is 2.63. The molecule has 0 saturated carbocycles. The molecular weight excluding hydrogens is 174 g/mol. The highest BCUT2D eigenvalue weighted by Crippen LogP contribution is 1.93. The molecule has 0 bridgehead atoms. The van der Waals surface area contributed by atoms with Crippen LogP contribution in [0, 0.1) is 6.92 Å². The summed E-state index contributed by atoms with van der Waals surface area (Å²) in [7, 11) is 0. The summed E-state index contributed by atoms with van der Waals surface area (Å²) in [6.45, 7) is 1.26. The monoisotopic (exact) mass is 182 g/mol. The van der Waals surface area contributed by atoms with Gasteiger partial charge in [0.25, 0.3) is 5.56 Å². The lowest BCUT2D eigenvalue weighted by Crippen LogP contribution is -2.31. The summed E-state index contributed by atoms with van der Waals surface area (Å²) in [5.74, 6) is -1.13. The fourth-order valence-electron chi connectivity index (χ4n) is 0.819. The Labute approximate surface area is 73.6 Å². The normalized spacial score (nSPS) is 9.62. The number of nitrogens with zero attached hydrogens (tertiary/aromatic N) is 1. The maximum atomic E-state index is 10.9. The van der Waals surface area contributed by atoms with Gasteiger partial charge in [-0.2, -0.15) is 0 Å². The number of hydrogen-bond donors (Lipinski definition) is 2. The first-order chi connectivity index (χ1) is 6.08. The van der Waals surface area contributed by atoms with Crippen molar-refractivity contribution in [2.75, 3.05) is 11.9 Å². The molecule has 1 aromatic heterocycles. The quantitative estimate of drug-likeness (QED) is 0.577. The van der Waals surface area contributed by atoms with Crippen LogP contribution in [0.25, 0.3) is 0 Å². The summed E-state index contributed by atoms with van der Waals surface area (Å²) < 4.78 is 0. The van der Waals surface area contributed by atoms with Gasteiger partial charge >= 0.3 is 0 Å². The molecule has 0 saturated heterocycles. The SMILES string of the molecule is Cc1cc(=O)[nH]c(NCC(=O)[O-])n1. The molecule has 0 atom stereocenters. The number of carboxylic acid groups (broad SMARTS) is 1. The fraction of sp³-hybridized carbons (Fsp3) is 0.286. The molecule has 0 aliphatic rings. The third-order valence-electron chi connectivity index (χ3n) is 1.27. The van der Waals surface area contributed by atoms with Crippen molar-refractivity contribution in [2.45, 2.75) is 6.92 Å². The van der Waals surface area contributed by atoms with Crippen LogP contribution >= 0.6 is 0 Å². The van der Waals surface area contributed by atoms with Crippen molar-refractivity contribution in [1.29, 1.82) is 0 Å². The van der Waals surface area contributed by atoms with Crippen LogP contribution < -0.4 is 16.0 Å². The van der Waals surface area contributed by atoms with E-state index in [0.29, 0.717) is 5.69 Å². The summed E-state index contributed by atoms with van der Waals surface area (Å²) in [5, 5.41) is 12.4. The molecular formula is C7H8N3O3-. The van der Waals surface area contributed by atoms with Crippen molar-refractivity contribution in [3.05, 3.63) is 22.1 Å². The molecule has 0 radical (unpaired) electrons. The van der Waals surface area contributed by atoms with Crippen LogP contribution in [0.3, 0.4) is 0 Å². The molecule has 0 unspecified atom stereocenters. The molecule has 1 aromatic rings. The van der Waals surface area contributed by atoms with Gasteiger partial charge in [0.2, 0.25) is 5.95 Å². The van der Waals surface area contributed by atoms with E-state index < -0.39 is 5.97 Å². The number of H-pyrrole nitrogens is 1. The molecule has 0 spiro atoms. The minimum absolute atomic E-state index is 0.134. The van der Waals surface area contributed by atoms with E-state index in [1.807, 2.05) is 0 Å². The molecule has 1 heterocycles. The second-order valence-corrected chi connectivity index (χ2v) is 2.46. The van der Waals surface area contributed by atoms with Crippen LogP contribution in [0.4, 0.5) is 5.95 Å². The van der Waals surface area contributed by atoms with E-state index in [9.17, 15) is 14.7 Å². The van der Waals surface area contributed by atoms with Crippen molar-refractivity contribution in [3.63, 3.8) is 0 Å². The van der Waals surface area contributed by atoms with E-state index in [-0.39, 0.29) is 18.1 Å². The van der Waals surface area contributed by atoms with Gasteiger partial charge in [-0.15, -0.1) is 0 Å². The molecule has 0 aliphatic carbocycles. The molecule has 0 aliphatic heterocycles. The van der Waals surface area contributed by atoms with Crippen LogP contribution in [0.5, 0.6) is 0 Å². The maximum Gasteiger partial charge on any atom is 0.252 e. The van der Waals surface area contributed by atoms with Gasteiger partial charge in [-0.05, 0) is 6.92 Å². The molecule has 1 rings (SSSR count). The molecule has 0 fully saturated rings. The van der Waals surface area contributed by atoms with E-state index >= 15 is 0 Å². The van der Waals surface area contributed by atoms with Gasteiger partial charge in [-0.3, -0.25) is 9.78 Å². The first kappa shape index (κ1) is 9.24. The van der Waals surface area contributed by atoms with Gasteiger partial charge in [0.1, 0.15) is 0 Å². The molecule has 6 heteroatoms. The van der Waals surface area contributed by atoms with Gasteiger partial charge in [0.05, 0.1) is 12.5 Å². The minimum atomic E-state index is -1.26. The van der Waals surface area contributed by atoms with E-state index in [1.54, 1.807) is 6.92 Å². The van der Waals surface area contributed by atoms with Gasteiger partial charge in [0, 0.05) is 11.8 Å². The molecule has 0 aromatic carbocycles. The van der Waals surface area contributed by atoms with Crippen molar-refractivity contribution in [1.82, 2.24) is 9.97 Å². The zero-order chi connectivity index (χ0) is 9.84. The zero-order valence-electron chi connectivity index (χ0n) is 6.96. The first-order valence-electron chi connectivity index (χ1n) is 3.59. The summed E-state index contributed by atoms with van der Waals surface area (Å²) in [6.07, 6.45) is 0. The number of aryl methyl sites for hydroxylation is 1. The highest BCUT2D eigenvalue weighted by atomic mass is 16.4. The van der Waals surface area contributed by atoms with Crippen LogP contribution in [-0.2, 0) is 4.79 Å². The lowest BCUT2D eigenvalue weighted by atomic mass is 10.4. The Bertz CT molecular complexity index is 371. The number of aliphatic carboxylic acids is 1. The van der Waals surface area contributed by atoms with Gasteiger partial charge in [-0.1, -0.05) is 0 Å². The molecule has 70 valence electrons. The molecule has 13 heavy (non-hydrogen) atoms. The topological polar surface area (TPSA) is 97.9 Å². The fourth-order valence-corrected chi connectivity index (χ4v) is 0.819. The van der Waals surface area contributed by atoms with Gasteiger partial charge in [0.15, 0.2) is 0 Å². The van der Waals surface area contributed by atoms with Crippen LogP contribution in [0.2, 0.25) is 0 Å². The first-order valence-corrected chi connectivity index (χ1v) is 3.59. The highest BCUT2D eigenvalue weighted by molar-refractivity contribution is 5.69. The van der Waals surface area contributed by atoms with E-state index in [4.69, 9.17) is 0 Å². The average molecular weight is 182 g/mol. The Morgan fingerprint density at radius 2 is 2.46 bits per heavy atom. The lowest BCUT2D eigenvalue weighted by Gasteiger charge is -2.05. The smallest absolute Gasteiger partial charge is 0.252 e. The molecule has 2 N–H and O–H groups in total. The van der Waals surface area contributed by atoms with Crippen molar-refractivity contribution in [3.8, 4) is 0 Å². The molecule has 6 nitrogen and oxygen atoms in total. The third kappa shape index (κ3) is 2.94. The molecule has 0 amide bonds. The van der Waals surface area contributed by atoms with Gasteiger partial charge in [-0.25, -0.2) is 4.98 Å². The number of carbonyl (C=O) groups excluding carboxylic acids is 1. The van der Waals surface area contributed by atoms with Crippen molar-refractivity contribution >= 4 is 11.9 Å². The predicted molar refractivity (Wildman–Crippen MR) is 43.1 cm³/mol. The number of aromatic nitrogens is 2. The maximum absolute atomic E-state index is 10.9. The Morgan fingerprint density at radius 3 is 3.00 bits per heavy atom. The number of carbonyl (C=O) groups is 1. The summed E-state index contributed by atoms with van der Waals surface area (Å²) >= 11 is 0. The summed E-state index contributed by atoms with van der Waals surface area (Å²) in [5.41, 5.74) is 0.193. The van der Waals surface area contributed by atoms with Crippen LogP contribution in [0.1, 0.15) is 5.69 Å². The van der Waals surface area contributed by atoms with Crippen LogP contribution in [-0.4, -0.2) is 22.5 Å². The van der Waals surface area contributed by atoms with Crippen molar-refractivity contribution in [2.24, 2.45) is 0 Å². The zero-order valence-corrected chi connectivity index (χ0v) is 6.96.